The van der Waals surface area contributed by atoms with E-state index in [1.807, 2.05) is 25.1 Å². The van der Waals surface area contributed by atoms with Crippen molar-refractivity contribution in [1.82, 2.24) is 31.2 Å². The third kappa shape index (κ3) is 22.6. The first-order valence-electron chi connectivity index (χ1n) is 26.2. The van der Waals surface area contributed by atoms with Crippen LogP contribution in [0, 0.1) is 18.8 Å². The molecule has 4 rings (SSSR count). The predicted octanol–water partition coefficient (Wildman–Crippen LogP) is 3.74. The summed E-state index contributed by atoms with van der Waals surface area (Å²) in [5.74, 6) is -8.89. The van der Waals surface area contributed by atoms with E-state index in [2.05, 4.69) is 36.9 Å². The third-order valence-electron chi connectivity index (χ3n) is 13.2. The van der Waals surface area contributed by atoms with Crippen LogP contribution in [0.3, 0.4) is 0 Å². The summed E-state index contributed by atoms with van der Waals surface area (Å²) in [5, 5.41) is 45.9. The minimum absolute atomic E-state index is 0.0192. The van der Waals surface area contributed by atoms with Crippen LogP contribution in [0.2, 0.25) is 0 Å². The lowest BCUT2D eigenvalue weighted by Gasteiger charge is -2.30. The Kier molecular flexibility index (Phi) is 26.0. The lowest BCUT2D eigenvalue weighted by atomic mass is 9.90. The molecule has 1 fully saturated rings. The molecule has 2 aromatic carbocycles. The molecule has 0 radical (unpaired) electrons. The van der Waals surface area contributed by atoms with Crippen LogP contribution in [-0.2, 0) is 56.0 Å². The fourth-order valence-corrected chi connectivity index (χ4v) is 8.97. The Balaban J connectivity index is 1.51. The van der Waals surface area contributed by atoms with Crippen LogP contribution < -0.4 is 37.6 Å². The van der Waals surface area contributed by atoms with Gasteiger partial charge in [0.2, 0.25) is 23.6 Å². The van der Waals surface area contributed by atoms with Gasteiger partial charge in [0.25, 0.3) is 0 Å². The van der Waals surface area contributed by atoms with E-state index in [1.54, 1.807) is 54.9 Å². The van der Waals surface area contributed by atoms with Crippen LogP contribution in [0.25, 0.3) is 0 Å². The van der Waals surface area contributed by atoms with Crippen molar-refractivity contribution in [1.29, 1.82) is 0 Å². The van der Waals surface area contributed by atoms with Gasteiger partial charge >= 0.3 is 24.0 Å². The highest BCUT2D eigenvalue weighted by Crippen LogP contribution is 2.24. The van der Waals surface area contributed by atoms with Crippen LogP contribution in [0.5, 0.6) is 0 Å². The standard InChI is InChI=1S/C55H73N9O14/c1-34-11-3-4-14-43(34)63-55(78)60-40-21-18-36(19-22-40)27-41(66)28-38(13-5-7-25-58-48(69)23-20-37-12-10-24-57-32-37)51(74)62-45(16-9-17-49(70)71)53(76)64-33-42(67)31-46(64)52(75)61-44(15-6-8-26-59-54(56)77)47(68)29-39(35(2)65)30-50(72)73/h3-4,10-12,14,18-19,21-22,24,32,38-39,42,44-46,67H,5-9,13,15-17,20,23,25-31,33H2,1-2H3,(H,58,69)(H,61,75)(H,62,74)(H,70,71)(H,72,73)(H3,56,59,77)(H2,60,63,78)/t38-,39+,42-,44+,45+,46+/m1/s1. The molecule has 1 aromatic heterocycles. The fourth-order valence-electron chi connectivity index (χ4n) is 8.97. The molecule has 0 aliphatic carbocycles. The molecule has 1 saturated heterocycles. The topological polar surface area (TPSA) is 363 Å². The highest BCUT2D eigenvalue weighted by molar-refractivity contribution is 6.00. The number of aromatic nitrogens is 1. The summed E-state index contributed by atoms with van der Waals surface area (Å²) in [6, 6.07) is 12.1. The third-order valence-corrected chi connectivity index (χ3v) is 13.2. The number of Topliss-reactive ketones (excluding diaryl/α,β-unsaturated/α-hetero) is 3. The predicted molar refractivity (Wildman–Crippen MR) is 285 cm³/mol. The normalized spacial score (nSPS) is 15.3. The lowest BCUT2D eigenvalue weighted by Crippen LogP contribution is -2.56. The number of amides is 8. The van der Waals surface area contributed by atoms with Crippen LogP contribution in [0.1, 0.15) is 114 Å². The molecule has 23 nitrogen and oxygen atoms in total. The Morgan fingerprint density at radius 1 is 0.718 bits per heavy atom. The van der Waals surface area contributed by atoms with E-state index in [1.165, 1.54) is 0 Å². The smallest absolute Gasteiger partial charge is 0.323 e. The van der Waals surface area contributed by atoms with E-state index in [4.69, 9.17) is 5.73 Å². The summed E-state index contributed by atoms with van der Waals surface area (Å²) >= 11 is 0. The van der Waals surface area contributed by atoms with Gasteiger partial charge in [0.15, 0.2) is 5.78 Å². The molecule has 78 heavy (non-hydrogen) atoms. The Bertz CT molecular complexity index is 2560. The fraction of sp³-hybridized carbons (Fsp3) is 0.491. The van der Waals surface area contributed by atoms with Gasteiger partial charge in [-0.05, 0) is 106 Å². The van der Waals surface area contributed by atoms with E-state index in [0.717, 1.165) is 23.0 Å². The van der Waals surface area contributed by atoms with Gasteiger partial charge in [0.1, 0.15) is 23.7 Å². The molecule has 0 spiro atoms. The summed E-state index contributed by atoms with van der Waals surface area (Å²) < 4.78 is 0. The monoisotopic (exact) mass is 1080 g/mol. The van der Waals surface area contributed by atoms with Crippen molar-refractivity contribution < 1.29 is 68.1 Å². The average molecular weight is 1080 g/mol. The number of hydrogen-bond acceptors (Lipinski definition) is 13. The van der Waals surface area contributed by atoms with E-state index < -0.39 is 109 Å². The van der Waals surface area contributed by atoms with Gasteiger partial charge in [0.05, 0.1) is 18.6 Å². The average Bonchev–Trinajstić information content (AvgIpc) is 3.79. The molecule has 0 bridgehead atoms. The first kappa shape index (κ1) is 62.5. The highest BCUT2D eigenvalue weighted by Gasteiger charge is 2.43. The molecule has 11 N–H and O–H groups in total. The maximum absolute atomic E-state index is 14.6. The Morgan fingerprint density at radius 2 is 1.41 bits per heavy atom. The number of aliphatic hydroxyl groups is 1. The van der Waals surface area contributed by atoms with Gasteiger partial charge in [-0.1, -0.05) is 42.8 Å². The summed E-state index contributed by atoms with van der Waals surface area (Å²) in [6.45, 7) is 3.03. The number of para-hydroxylation sites is 1. The van der Waals surface area contributed by atoms with Crippen molar-refractivity contribution in [3.63, 3.8) is 0 Å². The first-order valence-corrected chi connectivity index (χ1v) is 26.2. The minimum Gasteiger partial charge on any atom is -0.481 e. The van der Waals surface area contributed by atoms with E-state index in [-0.39, 0.29) is 89.1 Å². The Morgan fingerprint density at radius 3 is 2.06 bits per heavy atom. The number of primary amides is 1. The lowest BCUT2D eigenvalue weighted by molar-refractivity contribution is -0.143. The van der Waals surface area contributed by atoms with Crippen LogP contribution >= 0.6 is 0 Å². The number of likely N-dealkylation sites (tertiary alicyclic amines) is 1. The number of aliphatic hydroxyl groups excluding tert-OH is 1. The molecule has 0 saturated carbocycles. The maximum Gasteiger partial charge on any atom is 0.323 e. The largest absolute Gasteiger partial charge is 0.481 e. The summed E-state index contributed by atoms with van der Waals surface area (Å²) in [7, 11) is 0. The molecular formula is C55H73N9O14. The number of nitrogens with one attached hydrogen (secondary N) is 6. The number of ketones is 3. The quantitative estimate of drug-likeness (QED) is 0.0381. The number of nitrogens with zero attached hydrogens (tertiary/aromatic N) is 2. The Hall–Kier alpha value is -8.08. The number of carbonyl (C=O) groups is 11. The van der Waals surface area contributed by atoms with Gasteiger partial charge < -0.3 is 57.9 Å². The number of urea groups is 2. The molecule has 3 aromatic rings. The second-order valence-electron chi connectivity index (χ2n) is 19.6. The second kappa shape index (κ2) is 32.5. The van der Waals surface area contributed by atoms with Gasteiger partial charge in [-0.15, -0.1) is 0 Å². The number of anilines is 2. The number of rotatable bonds is 34. The van der Waals surface area contributed by atoms with Crippen molar-refractivity contribution in [2.24, 2.45) is 17.6 Å². The molecule has 1 aliphatic rings. The number of nitrogens with two attached hydrogens (primary N) is 1. The number of β-amino-alcohol motifs (C(OH)–C–C–N with tert-alkyl or cyclic N) is 1. The second-order valence-corrected chi connectivity index (χ2v) is 19.6. The summed E-state index contributed by atoms with van der Waals surface area (Å²) in [6.07, 6.45) is 1.71. The number of carboxylic acid groups (broad SMARTS) is 2. The van der Waals surface area contributed by atoms with Crippen molar-refractivity contribution in [2.75, 3.05) is 30.3 Å². The van der Waals surface area contributed by atoms with Gasteiger partial charge in [0, 0.05) is 93.8 Å². The number of aliphatic carboxylic acids is 2. The number of carbonyl (C=O) groups excluding carboxylic acids is 9. The van der Waals surface area contributed by atoms with Crippen LogP contribution in [0.4, 0.5) is 21.0 Å². The Labute approximate surface area is 452 Å². The highest BCUT2D eigenvalue weighted by atomic mass is 16.4. The van der Waals surface area contributed by atoms with Gasteiger partial charge in [-0.25, -0.2) is 9.59 Å². The number of carboxylic acids is 2. The van der Waals surface area contributed by atoms with Gasteiger partial charge in [-0.3, -0.25) is 48.1 Å². The molecule has 23 heteroatoms. The van der Waals surface area contributed by atoms with E-state index in [0.29, 0.717) is 42.6 Å². The van der Waals surface area contributed by atoms with E-state index >= 15 is 0 Å². The van der Waals surface area contributed by atoms with Crippen molar-refractivity contribution in [2.45, 2.75) is 141 Å². The van der Waals surface area contributed by atoms with E-state index in [9.17, 15) is 68.1 Å². The van der Waals surface area contributed by atoms with Crippen molar-refractivity contribution in [3.8, 4) is 0 Å². The molecule has 0 unspecified atom stereocenters. The van der Waals surface area contributed by atoms with Gasteiger partial charge in [-0.2, -0.15) is 0 Å². The molecule has 1 aliphatic heterocycles. The number of benzene rings is 2. The molecular weight excluding hydrogens is 1010 g/mol. The number of unbranched alkanes of at least 4 members (excludes halogenated alkanes) is 2. The number of aryl methyl sites for hydroxylation is 2. The zero-order chi connectivity index (χ0) is 57.1. The van der Waals surface area contributed by atoms with Crippen LogP contribution in [0.15, 0.2) is 73.1 Å². The molecule has 422 valence electrons. The molecule has 6 atom stereocenters. The van der Waals surface area contributed by atoms with Crippen molar-refractivity contribution >= 4 is 76.4 Å². The summed E-state index contributed by atoms with van der Waals surface area (Å²) in [5.41, 5.74) is 8.59. The maximum atomic E-state index is 14.6. The summed E-state index contributed by atoms with van der Waals surface area (Å²) in [4.78, 5) is 148. The molecule has 8 amide bonds. The SMILES string of the molecule is CC(=O)[C@H](CC(=O)O)CC(=O)[C@H](CCCCNC(N)=O)NC(=O)[C@@H]1C[C@@H](O)CN1C(=O)[C@H](CCCC(=O)O)NC(=O)[C@H](CCCCNC(=O)CCc1cccnc1)CC(=O)Cc1ccc(NC(=O)Nc2ccccc2C)cc1. The van der Waals surface area contributed by atoms with Crippen molar-refractivity contribution in [3.05, 3.63) is 89.7 Å². The number of hydrogen-bond donors (Lipinski definition) is 10. The zero-order valence-electron chi connectivity index (χ0n) is 44.1. The van der Waals surface area contributed by atoms with Crippen LogP contribution in [-0.4, -0.2) is 134 Å². The molecule has 2 heterocycles. The minimum atomic E-state index is -1.44. The number of pyridine rings is 1. The zero-order valence-corrected chi connectivity index (χ0v) is 44.1. The first-order chi connectivity index (χ1) is 37.2.